The molecule has 1 unspecified atom stereocenters. The number of aromatic nitrogens is 5. The van der Waals surface area contributed by atoms with E-state index >= 15 is 0 Å². The number of nitrogens with zero attached hydrogens (tertiary/aromatic N) is 5. The third kappa shape index (κ3) is 3.02. The van der Waals surface area contributed by atoms with Gasteiger partial charge in [-0.25, -0.2) is 4.98 Å². The smallest absolute Gasteiger partial charge is 0.230 e. The number of hydrogen-bond donors (Lipinski definition) is 0. The van der Waals surface area contributed by atoms with Gasteiger partial charge in [-0.1, -0.05) is 12.1 Å². The van der Waals surface area contributed by atoms with Crippen LogP contribution in [0.15, 0.2) is 22.9 Å². The molecule has 126 valence electrons. The van der Waals surface area contributed by atoms with Crippen molar-refractivity contribution >= 4 is 0 Å². The molecular formula is C17H21N5O2. The van der Waals surface area contributed by atoms with Gasteiger partial charge in [0.15, 0.2) is 0 Å². The highest BCUT2D eigenvalue weighted by Gasteiger charge is 2.19. The van der Waals surface area contributed by atoms with E-state index in [-0.39, 0.29) is 5.92 Å². The number of pyridine rings is 1. The molecule has 3 aromatic heterocycles. The fourth-order valence-electron chi connectivity index (χ4n) is 2.69. The normalized spacial score (nSPS) is 12.4. The summed E-state index contributed by atoms with van der Waals surface area (Å²) in [6, 6.07) is 3.64. The van der Waals surface area contributed by atoms with Gasteiger partial charge in [-0.15, -0.1) is 0 Å². The molecule has 0 bridgehead atoms. The van der Waals surface area contributed by atoms with Crippen molar-refractivity contribution in [3.05, 3.63) is 41.2 Å². The van der Waals surface area contributed by atoms with E-state index in [2.05, 4.69) is 34.1 Å². The Morgan fingerprint density at radius 3 is 2.67 bits per heavy atom. The molecule has 0 aliphatic rings. The van der Waals surface area contributed by atoms with Gasteiger partial charge < -0.3 is 9.26 Å². The molecule has 0 aromatic carbocycles. The zero-order chi connectivity index (χ0) is 17.3. The number of aryl methyl sites for hydroxylation is 2. The summed E-state index contributed by atoms with van der Waals surface area (Å²) < 4.78 is 12.4. The quantitative estimate of drug-likeness (QED) is 0.717. The summed E-state index contributed by atoms with van der Waals surface area (Å²) in [5.41, 5.74) is 4.24. The van der Waals surface area contributed by atoms with Gasteiger partial charge in [0.05, 0.1) is 12.8 Å². The molecule has 0 aliphatic heterocycles. The Bertz CT molecular complexity index is 835. The lowest BCUT2D eigenvalue weighted by atomic mass is 9.99. The first-order chi connectivity index (χ1) is 11.5. The molecule has 7 nitrogen and oxygen atoms in total. The molecule has 0 saturated carbocycles. The first-order valence-electron chi connectivity index (χ1n) is 7.82. The van der Waals surface area contributed by atoms with Crippen molar-refractivity contribution in [1.82, 2.24) is 24.9 Å². The highest BCUT2D eigenvalue weighted by atomic mass is 16.5. The summed E-state index contributed by atoms with van der Waals surface area (Å²) in [4.78, 5) is 8.68. The minimum absolute atomic E-state index is 0.110. The van der Waals surface area contributed by atoms with Crippen LogP contribution in [0.1, 0.15) is 35.7 Å². The Morgan fingerprint density at radius 2 is 2.08 bits per heavy atom. The van der Waals surface area contributed by atoms with E-state index in [1.54, 1.807) is 19.4 Å². The van der Waals surface area contributed by atoms with E-state index < -0.39 is 0 Å². The Hall–Kier alpha value is -2.70. The molecule has 0 spiro atoms. The molecule has 0 fully saturated rings. The van der Waals surface area contributed by atoms with Crippen molar-refractivity contribution in [2.45, 2.75) is 33.1 Å². The van der Waals surface area contributed by atoms with Crippen LogP contribution in [0.2, 0.25) is 0 Å². The monoisotopic (exact) mass is 327 g/mol. The Kier molecular flexibility index (Phi) is 4.33. The lowest BCUT2D eigenvalue weighted by Crippen LogP contribution is -2.02. The molecule has 1 atom stereocenters. The molecule has 0 aliphatic carbocycles. The van der Waals surface area contributed by atoms with Crippen LogP contribution in [0, 0.1) is 13.8 Å². The van der Waals surface area contributed by atoms with Gasteiger partial charge in [0.2, 0.25) is 17.6 Å². The predicted molar refractivity (Wildman–Crippen MR) is 88.9 cm³/mol. The van der Waals surface area contributed by atoms with Crippen molar-refractivity contribution in [3.63, 3.8) is 0 Å². The van der Waals surface area contributed by atoms with Gasteiger partial charge >= 0.3 is 0 Å². The minimum Gasteiger partial charge on any atom is -0.481 e. The average Bonchev–Trinajstić information content (AvgIpc) is 3.16. The summed E-state index contributed by atoms with van der Waals surface area (Å²) in [5, 5.41) is 8.52. The van der Waals surface area contributed by atoms with E-state index in [1.165, 1.54) is 11.3 Å². The largest absolute Gasteiger partial charge is 0.481 e. The molecule has 24 heavy (non-hydrogen) atoms. The van der Waals surface area contributed by atoms with Crippen molar-refractivity contribution in [2.75, 3.05) is 7.11 Å². The maximum atomic E-state index is 5.45. The third-order valence-corrected chi connectivity index (χ3v) is 4.24. The van der Waals surface area contributed by atoms with Gasteiger partial charge in [0, 0.05) is 36.5 Å². The molecule has 0 saturated heterocycles. The molecule has 3 aromatic rings. The van der Waals surface area contributed by atoms with Crippen molar-refractivity contribution in [3.8, 4) is 17.3 Å². The van der Waals surface area contributed by atoms with Crippen LogP contribution in [0.3, 0.4) is 0 Å². The lowest BCUT2D eigenvalue weighted by Gasteiger charge is -2.06. The van der Waals surface area contributed by atoms with Crippen LogP contribution in [0.5, 0.6) is 5.88 Å². The molecule has 0 amide bonds. The highest BCUT2D eigenvalue weighted by Crippen LogP contribution is 2.25. The van der Waals surface area contributed by atoms with E-state index in [4.69, 9.17) is 9.26 Å². The maximum absolute atomic E-state index is 5.45. The van der Waals surface area contributed by atoms with Gasteiger partial charge in [-0.2, -0.15) is 10.1 Å². The number of rotatable bonds is 5. The second kappa shape index (κ2) is 6.43. The SMILES string of the molecule is COc1ccc(-c2noc(C(C)Cc3c(C)nn(C)c3C)n2)cn1. The summed E-state index contributed by atoms with van der Waals surface area (Å²) in [6.45, 7) is 6.18. The summed E-state index contributed by atoms with van der Waals surface area (Å²) >= 11 is 0. The maximum Gasteiger partial charge on any atom is 0.230 e. The van der Waals surface area contributed by atoms with E-state index in [0.717, 1.165) is 17.7 Å². The molecule has 0 radical (unpaired) electrons. The second-order valence-corrected chi connectivity index (χ2v) is 5.92. The summed E-state index contributed by atoms with van der Waals surface area (Å²) in [5.74, 6) is 1.81. The Labute approximate surface area is 140 Å². The van der Waals surface area contributed by atoms with Crippen molar-refractivity contribution in [2.24, 2.45) is 7.05 Å². The molecule has 3 rings (SSSR count). The fraction of sp³-hybridized carbons (Fsp3) is 0.412. The zero-order valence-corrected chi connectivity index (χ0v) is 14.6. The number of ether oxygens (including phenoxy) is 1. The standard InChI is InChI=1S/C17H21N5O2/c1-10(8-14-11(2)20-22(4)12(14)3)17-19-16(21-24-17)13-6-7-15(23-5)18-9-13/h6-7,9-10H,8H2,1-5H3. The van der Waals surface area contributed by atoms with Gasteiger partial charge in [-0.3, -0.25) is 4.68 Å². The predicted octanol–water partition coefficient (Wildman–Crippen LogP) is 2.84. The van der Waals surface area contributed by atoms with E-state index in [1.807, 2.05) is 24.7 Å². The van der Waals surface area contributed by atoms with Gasteiger partial charge in [-0.05, 0) is 31.9 Å². The van der Waals surface area contributed by atoms with Crippen molar-refractivity contribution < 1.29 is 9.26 Å². The minimum atomic E-state index is 0.110. The summed E-state index contributed by atoms with van der Waals surface area (Å²) in [7, 11) is 3.54. The Balaban J connectivity index is 1.79. The van der Waals surface area contributed by atoms with Gasteiger partial charge in [0.25, 0.3) is 0 Å². The lowest BCUT2D eigenvalue weighted by molar-refractivity contribution is 0.358. The topological polar surface area (TPSA) is 78.9 Å². The molecular weight excluding hydrogens is 306 g/mol. The first kappa shape index (κ1) is 16.2. The average molecular weight is 327 g/mol. The van der Waals surface area contributed by atoms with Crippen molar-refractivity contribution in [1.29, 1.82) is 0 Å². The first-order valence-corrected chi connectivity index (χ1v) is 7.82. The van der Waals surface area contributed by atoms with Crippen LogP contribution in [0.4, 0.5) is 0 Å². The van der Waals surface area contributed by atoms with Crippen LogP contribution in [-0.4, -0.2) is 32.0 Å². The second-order valence-electron chi connectivity index (χ2n) is 5.92. The molecule has 3 heterocycles. The molecule has 7 heteroatoms. The van der Waals surface area contributed by atoms with Crippen LogP contribution >= 0.6 is 0 Å². The zero-order valence-electron chi connectivity index (χ0n) is 14.6. The third-order valence-electron chi connectivity index (χ3n) is 4.24. The Morgan fingerprint density at radius 1 is 1.29 bits per heavy atom. The van der Waals surface area contributed by atoms with Gasteiger partial charge in [0.1, 0.15) is 0 Å². The van der Waals surface area contributed by atoms with E-state index in [9.17, 15) is 0 Å². The van der Waals surface area contributed by atoms with Crippen LogP contribution in [0.25, 0.3) is 11.4 Å². The fourth-order valence-corrected chi connectivity index (χ4v) is 2.69. The van der Waals surface area contributed by atoms with E-state index in [0.29, 0.717) is 17.6 Å². The number of hydrogen-bond acceptors (Lipinski definition) is 6. The highest BCUT2D eigenvalue weighted by molar-refractivity contribution is 5.53. The number of methoxy groups -OCH3 is 1. The van der Waals surface area contributed by atoms with Crippen LogP contribution < -0.4 is 4.74 Å². The van der Waals surface area contributed by atoms with Crippen LogP contribution in [-0.2, 0) is 13.5 Å². The summed E-state index contributed by atoms with van der Waals surface area (Å²) in [6.07, 6.45) is 2.49. The molecule has 0 N–H and O–H groups in total.